The van der Waals surface area contributed by atoms with Crippen molar-refractivity contribution in [2.75, 3.05) is 14.2 Å². The summed E-state index contributed by atoms with van der Waals surface area (Å²) < 4.78 is 10.6. The number of aromatic amines is 1. The lowest BCUT2D eigenvalue weighted by Crippen LogP contribution is -2.29. The van der Waals surface area contributed by atoms with Gasteiger partial charge in [0.25, 0.3) is 5.91 Å². The minimum absolute atomic E-state index is 0.0531. The number of H-pyrrole nitrogens is 1. The Labute approximate surface area is 199 Å². The van der Waals surface area contributed by atoms with Crippen molar-refractivity contribution in [3.63, 3.8) is 0 Å². The average molecular weight is 454 g/mol. The van der Waals surface area contributed by atoms with Crippen LogP contribution in [0, 0.1) is 0 Å². The van der Waals surface area contributed by atoms with Crippen molar-refractivity contribution in [2.45, 2.75) is 25.9 Å². The molecule has 1 N–H and O–H groups in total. The van der Waals surface area contributed by atoms with E-state index in [9.17, 15) is 4.79 Å². The summed E-state index contributed by atoms with van der Waals surface area (Å²) in [5.41, 5.74) is 6.54. The molecule has 0 radical (unpaired) electrons. The van der Waals surface area contributed by atoms with Crippen LogP contribution in [-0.4, -0.2) is 35.2 Å². The van der Waals surface area contributed by atoms with Gasteiger partial charge in [0.1, 0.15) is 17.2 Å². The molecule has 1 aliphatic heterocycles. The first-order valence-electron chi connectivity index (χ1n) is 11.4. The number of fused-ring (bicyclic) bond motifs is 1. The van der Waals surface area contributed by atoms with E-state index < -0.39 is 0 Å². The normalized spacial score (nSPS) is 14.9. The number of aromatic nitrogens is 2. The summed E-state index contributed by atoms with van der Waals surface area (Å²) in [4.78, 5) is 15.5. The van der Waals surface area contributed by atoms with Crippen molar-refractivity contribution in [2.24, 2.45) is 0 Å². The van der Waals surface area contributed by atoms with Gasteiger partial charge in [-0.05, 0) is 59.5 Å². The second kappa shape index (κ2) is 9.06. The number of carbonyl (C=O) groups excluding carboxylic acids is 1. The van der Waals surface area contributed by atoms with Crippen molar-refractivity contribution in [3.05, 3.63) is 101 Å². The molecule has 6 heteroatoms. The van der Waals surface area contributed by atoms with E-state index in [1.54, 1.807) is 14.2 Å². The second-order valence-corrected chi connectivity index (χ2v) is 8.37. The molecular formula is C28H27N3O3. The SMILES string of the molecule is CCc1ccc(C2c3c(-c4ccc(OC)cc4)n[nH]c3C(=O)N2Cc2ccc(OC)cc2)cc1. The standard InChI is InChI=1S/C28H27N3O3/c1-4-18-5-9-21(10-6-18)27-24-25(20-11-15-23(34-3)16-12-20)29-30-26(24)28(32)31(27)17-19-7-13-22(33-2)14-8-19/h5-16,27H,4,17H2,1-3H3,(H,29,30). The van der Waals surface area contributed by atoms with Crippen molar-refractivity contribution in [1.82, 2.24) is 15.1 Å². The van der Waals surface area contributed by atoms with Crippen LogP contribution in [0.1, 0.15) is 45.7 Å². The lowest BCUT2D eigenvalue weighted by Gasteiger charge is -2.27. The third-order valence-electron chi connectivity index (χ3n) is 6.44. The van der Waals surface area contributed by atoms with Crippen LogP contribution in [-0.2, 0) is 13.0 Å². The van der Waals surface area contributed by atoms with Crippen LogP contribution in [0.2, 0.25) is 0 Å². The Morgan fingerprint density at radius 3 is 2.03 bits per heavy atom. The number of amides is 1. The van der Waals surface area contributed by atoms with Crippen LogP contribution in [0.4, 0.5) is 0 Å². The minimum Gasteiger partial charge on any atom is -0.497 e. The molecule has 0 bridgehead atoms. The average Bonchev–Trinajstić information content (AvgIpc) is 3.43. The topological polar surface area (TPSA) is 67.5 Å². The van der Waals surface area contributed by atoms with E-state index in [1.807, 2.05) is 53.4 Å². The van der Waals surface area contributed by atoms with Crippen LogP contribution in [0.3, 0.4) is 0 Å². The van der Waals surface area contributed by atoms with Crippen LogP contribution < -0.4 is 9.47 Å². The van der Waals surface area contributed by atoms with Crippen LogP contribution in [0.5, 0.6) is 11.5 Å². The van der Waals surface area contributed by atoms with Crippen LogP contribution >= 0.6 is 0 Å². The summed E-state index contributed by atoms with van der Waals surface area (Å²) in [6.07, 6.45) is 0.966. The Morgan fingerprint density at radius 1 is 0.853 bits per heavy atom. The molecular weight excluding hydrogens is 426 g/mol. The number of aryl methyl sites for hydroxylation is 1. The molecule has 1 amide bonds. The van der Waals surface area contributed by atoms with Gasteiger partial charge < -0.3 is 14.4 Å². The summed E-state index contributed by atoms with van der Waals surface area (Å²) in [6, 6.07) is 23.9. The Morgan fingerprint density at radius 2 is 1.44 bits per heavy atom. The van der Waals surface area contributed by atoms with Crippen molar-refractivity contribution in [1.29, 1.82) is 0 Å². The minimum atomic E-state index is -0.244. The molecule has 1 aromatic heterocycles. The van der Waals surface area contributed by atoms with Gasteiger partial charge in [0, 0.05) is 17.7 Å². The predicted octanol–water partition coefficient (Wildman–Crippen LogP) is 5.40. The summed E-state index contributed by atoms with van der Waals surface area (Å²) >= 11 is 0. The molecule has 2 heterocycles. The van der Waals surface area contributed by atoms with Gasteiger partial charge >= 0.3 is 0 Å². The summed E-state index contributed by atoms with van der Waals surface area (Å²) in [6.45, 7) is 2.62. The van der Waals surface area contributed by atoms with Gasteiger partial charge in [0.15, 0.2) is 0 Å². The van der Waals surface area contributed by atoms with Crippen molar-refractivity contribution in [3.8, 4) is 22.8 Å². The molecule has 0 spiro atoms. The molecule has 1 aliphatic rings. The van der Waals surface area contributed by atoms with Gasteiger partial charge in [-0.2, -0.15) is 5.10 Å². The number of hydrogen-bond acceptors (Lipinski definition) is 4. The number of hydrogen-bond donors (Lipinski definition) is 1. The Hall–Kier alpha value is -4.06. The smallest absolute Gasteiger partial charge is 0.273 e. The Bertz CT molecular complexity index is 1290. The van der Waals surface area contributed by atoms with Gasteiger partial charge in [-0.15, -0.1) is 0 Å². The number of methoxy groups -OCH3 is 2. The van der Waals surface area contributed by atoms with E-state index in [-0.39, 0.29) is 11.9 Å². The number of nitrogens with one attached hydrogen (secondary N) is 1. The van der Waals surface area contributed by atoms with Crippen molar-refractivity contribution < 1.29 is 14.3 Å². The quantitative estimate of drug-likeness (QED) is 0.407. The summed E-state index contributed by atoms with van der Waals surface area (Å²) in [5.74, 6) is 1.52. The molecule has 6 nitrogen and oxygen atoms in total. The van der Waals surface area contributed by atoms with Gasteiger partial charge in [-0.3, -0.25) is 9.89 Å². The van der Waals surface area contributed by atoms with Crippen molar-refractivity contribution >= 4 is 5.91 Å². The van der Waals surface area contributed by atoms with E-state index in [1.165, 1.54) is 5.56 Å². The molecule has 3 aromatic carbocycles. The largest absolute Gasteiger partial charge is 0.497 e. The third kappa shape index (κ3) is 3.81. The molecule has 0 fully saturated rings. The van der Waals surface area contributed by atoms with Gasteiger partial charge in [-0.25, -0.2) is 0 Å². The van der Waals surface area contributed by atoms with Gasteiger partial charge in [-0.1, -0.05) is 43.3 Å². The molecule has 1 atom stereocenters. The fourth-order valence-corrected chi connectivity index (χ4v) is 4.54. The molecule has 5 rings (SSSR count). The molecule has 0 saturated carbocycles. The highest BCUT2D eigenvalue weighted by atomic mass is 16.5. The fourth-order valence-electron chi connectivity index (χ4n) is 4.54. The first-order valence-corrected chi connectivity index (χ1v) is 11.4. The number of nitrogens with zero attached hydrogens (tertiary/aromatic N) is 2. The number of carbonyl (C=O) groups is 1. The maximum Gasteiger partial charge on any atom is 0.273 e. The van der Waals surface area contributed by atoms with E-state index in [4.69, 9.17) is 9.47 Å². The molecule has 4 aromatic rings. The molecule has 1 unspecified atom stereocenters. The molecule has 0 aliphatic carbocycles. The number of ether oxygens (including phenoxy) is 2. The zero-order chi connectivity index (χ0) is 23.7. The van der Waals surface area contributed by atoms with E-state index in [2.05, 4.69) is 41.4 Å². The molecule has 172 valence electrons. The zero-order valence-electron chi connectivity index (χ0n) is 19.5. The Balaban J connectivity index is 1.59. The molecule has 34 heavy (non-hydrogen) atoms. The van der Waals surface area contributed by atoms with E-state index in [0.29, 0.717) is 12.2 Å². The van der Waals surface area contributed by atoms with Gasteiger partial charge in [0.2, 0.25) is 0 Å². The maximum atomic E-state index is 13.6. The lowest BCUT2D eigenvalue weighted by molar-refractivity contribution is 0.0730. The van der Waals surface area contributed by atoms with E-state index in [0.717, 1.165) is 45.9 Å². The second-order valence-electron chi connectivity index (χ2n) is 8.37. The van der Waals surface area contributed by atoms with Crippen LogP contribution in [0.25, 0.3) is 11.3 Å². The zero-order valence-corrected chi connectivity index (χ0v) is 19.5. The first-order chi connectivity index (χ1) is 16.6. The highest BCUT2D eigenvalue weighted by molar-refractivity contribution is 6.00. The first kappa shape index (κ1) is 21.8. The number of rotatable bonds is 7. The third-order valence-corrected chi connectivity index (χ3v) is 6.44. The summed E-state index contributed by atoms with van der Waals surface area (Å²) in [5, 5.41) is 7.58. The maximum absolute atomic E-state index is 13.6. The van der Waals surface area contributed by atoms with Gasteiger partial charge in [0.05, 0.1) is 26.0 Å². The monoisotopic (exact) mass is 453 g/mol. The summed E-state index contributed by atoms with van der Waals surface area (Å²) in [7, 11) is 3.29. The van der Waals surface area contributed by atoms with Crippen LogP contribution in [0.15, 0.2) is 72.8 Å². The predicted molar refractivity (Wildman–Crippen MR) is 131 cm³/mol. The lowest BCUT2D eigenvalue weighted by atomic mass is 9.95. The fraction of sp³-hybridized carbons (Fsp3) is 0.214. The number of benzene rings is 3. The molecule has 0 saturated heterocycles. The Kier molecular flexibility index (Phi) is 5.80. The van der Waals surface area contributed by atoms with E-state index >= 15 is 0 Å². The highest BCUT2D eigenvalue weighted by Gasteiger charge is 2.42. The highest BCUT2D eigenvalue weighted by Crippen LogP contribution is 2.43.